The standard InChI is InChI=1S/C23H20N2O4/c1-14-5-4-6-18(21(14)28-3)22(26)24-16-9-12-20-19(13-16)25-23(29-20)15-7-10-17(27-2)11-8-15/h4-13H,1-3H3,(H,24,26). The molecule has 3 aromatic carbocycles. The van der Waals surface area contributed by atoms with Crippen molar-refractivity contribution in [1.29, 1.82) is 0 Å². The number of hydrogen-bond acceptors (Lipinski definition) is 5. The summed E-state index contributed by atoms with van der Waals surface area (Å²) in [6.07, 6.45) is 0. The van der Waals surface area contributed by atoms with Gasteiger partial charge in [-0.1, -0.05) is 12.1 Å². The lowest BCUT2D eigenvalue weighted by Crippen LogP contribution is -2.13. The number of hydrogen-bond donors (Lipinski definition) is 1. The highest BCUT2D eigenvalue weighted by atomic mass is 16.5. The molecule has 6 heteroatoms. The van der Waals surface area contributed by atoms with Crippen LogP contribution in [0.15, 0.2) is 65.1 Å². The molecule has 1 amide bonds. The molecule has 0 radical (unpaired) electrons. The van der Waals surface area contributed by atoms with Crippen molar-refractivity contribution in [2.24, 2.45) is 0 Å². The van der Waals surface area contributed by atoms with Crippen LogP contribution in [0, 0.1) is 6.92 Å². The van der Waals surface area contributed by atoms with E-state index in [1.165, 1.54) is 0 Å². The van der Waals surface area contributed by atoms with Crippen molar-refractivity contribution in [2.45, 2.75) is 6.92 Å². The van der Waals surface area contributed by atoms with Crippen molar-refractivity contribution in [3.05, 3.63) is 71.8 Å². The van der Waals surface area contributed by atoms with E-state index in [0.717, 1.165) is 16.9 Å². The summed E-state index contributed by atoms with van der Waals surface area (Å²) in [6.45, 7) is 1.90. The number of ether oxygens (including phenoxy) is 2. The van der Waals surface area contributed by atoms with E-state index in [2.05, 4.69) is 10.3 Å². The molecule has 29 heavy (non-hydrogen) atoms. The predicted molar refractivity (Wildman–Crippen MR) is 112 cm³/mol. The van der Waals surface area contributed by atoms with Crippen molar-refractivity contribution >= 4 is 22.7 Å². The Morgan fingerprint density at radius 3 is 2.52 bits per heavy atom. The lowest BCUT2D eigenvalue weighted by Gasteiger charge is -2.11. The molecular weight excluding hydrogens is 368 g/mol. The molecule has 0 saturated heterocycles. The molecule has 146 valence electrons. The molecule has 0 saturated carbocycles. The molecule has 0 fully saturated rings. The first-order valence-electron chi connectivity index (χ1n) is 9.09. The first-order chi connectivity index (χ1) is 14.1. The number of methoxy groups -OCH3 is 2. The Labute approximate surface area is 168 Å². The van der Waals surface area contributed by atoms with Gasteiger partial charge in [0.25, 0.3) is 5.91 Å². The summed E-state index contributed by atoms with van der Waals surface area (Å²) in [7, 11) is 3.18. The fourth-order valence-corrected chi connectivity index (χ4v) is 3.16. The zero-order chi connectivity index (χ0) is 20.4. The van der Waals surface area contributed by atoms with E-state index in [1.54, 1.807) is 38.5 Å². The largest absolute Gasteiger partial charge is 0.497 e. The van der Waals surface area contributed by atoms with Crippen LogP contribution >= 0.6 is 0 Å². The number of para-hydroxylation sites is 1. The van der Waals surface area contributed by atoms with Crippen LogP contribution in [-0.2, 0) is 0 Å². The van der Waals surface area contributed by atoms with Crippen LogP contribution in [-0.4, -0.2) is 25.1 Å². The number of carbonyl (C=O) groups excluding carboxylic acids is 1. The number of fused-ring (bicyclic) bond motifs is 1. The van der Waals surface area contributed by atoms with Gasteiger partial charge in [-0.05, 0) is 61.0 Å². The molecule has 0 aliphatic heterocycles. The SMILES string of the molecule is COc1ccc(-c2nc3cc(NC(=O)c4cccc(C)c4OC)ccc3o2)cc1. The van der Waals surface area contributed by atoms with E-state index in [4.69, 9.17) is 13.9 Å². The minimum absolute atomic E-state index is 0.247. The summed E-state index contributed by atoms with van der Waals surface area (Å²) in [6, 6.07) is 18.3. The highest BCUT2D eigenvalue weighted by molar-refractivity contribution is 6.07. The summed E-state index contributed by atoms with van der Waals surface area (Å²) in [5.74, 6) is 1.59. The van der Waals surface area contributed by atoms with Gasteiger partial charge in [-0.2, -0.15) is 0 Å². The zero-order valence-corrected chi connectivity index (χ0v) is 16.4. The number of anilines is 1. The fourth-order valence-electron chi connectivity index (χ4n) is 3.16. The maximum Gasteiger partial charge on any atom is 0.259 e. The number of aryl methyl sites for hydroxylation is 1. The van der Waals surface area contributed by atoms with Crippen LogP contribution in [0.25, 0.3) is 22.6 Å². The Morgan fingerprint density at radius 1 is 1.00 bits per heavy atom. The van der Waals surface area contributed by atoms with E-state index in [0.29, 0.717) is 34.0 Å². The average Bonchev–Trinajstić information content (AvgIpc) is 3.17. The van der Waals surface area contributed by atoms with Crippen LogP contribution in [0.2, 0.25) is 0 Å². The molecule has 0 bridgehead atoms. The molecule has 1 aromatic heterocycles. The van der Waals surface area contributed by atoms with Gasteiger partial charge in [0.1, 0.15) is 17.0 Å². The van der Waals surface area contributed by atoms with Gasteiger partial charge in [-0.25, -0.2) is 4.98 Å². The second-order valence-electron chi connectivity index (χ2n) is 6.54. The molecule has 0 spiro atoms. The van der Waals surface area contributed by atoms with Gasteiger partial charge in [-0.15, -0.1) is 0 Å². The first-order valence-corrected chi connectivity index (χ1v) is 9.09. The second-order valence-corrected chi connectivity index (χ2v) is 6.54. The van der Waals surface area contributed by atoms with E-state index in [9.17, 15) is 4.79 Å². The van der Waals surface area contributed by atoms with Gasteiger partial charge >= 0.3 is 0 Å². The van der Waals surface area contributed by atoms with E-state index in [-0.39, 0.29) is 5.91 Å². The topological polar surface area (TPSA) is 73.6 Å². The minimum Gasteiger partial charge on any atom is -0.497 e. The van der Waals surface area contributed by atoms with Crippen LogP contribution < -0.4 is 14.8 Å². The third-order valence-corrected chi connectivity index (χ3v) is 4.64. The molecule has 4 rings (SSSR count). The van der Waals surface area contributed by atoms with E-state index < -0.39 is 0 Å². The Kier molecular flexibility index (Phi) is 4.91. The summed E-state index contributed by atoms with van der Waals surface area (Å²) in [5.41, 5.74) is 4.15. The lowest BCUT2D eigenvalue weighted by atomic mass is 10.1. The number of carbonyl (C=O) groups is 1. The average molecular weight is 388 g/mol. The van der Waals surface area contributed by atoms with Crippen LogP contribution in [0.5, 0.6) is 11.5 Å². The van der Waals surface area contributed by atoms with Gasteiger partial charge in [0.2, 0.25) is 5.89 Å². The Bertz CT molecular complexity index is 1180. The molecule has 1 heterocycles. The predicted octanol–water partition coefficient (Wildman–Crippen LogP) is 5.07. The summed E-state index contributed by atoms with van der Waals surface area (Å²) in [4.78, 5) is 17.3. The number of rotatable bonds is 5. The number of benzene rings is 3. The van der Waals surface area contributed by atoms with Gasteiger partial charge in [0.05, 0.1) is 19.8 Å². The third-order valence-electron chi connectivity index (χ3n) is 4.64. The molecule has 0 atom stereocenters. The Hall–Kier alpha value is -3.80. The van der Waals surface area contributed by atoms with Gasteiger partial charge in [0.15, 0.2) is 5.58 Å². The van der Waals surface area contributed by atoms with Crippen LogP contribution in [0.1, 0.15) is 15.9 Å². The second kappa shape index (κ2) is 7.67. The maximum atomic E-state index is 12.7. The highest BCUT2D eigenvalue weighted by Crippen LogP contribution is 2.28. The monoisotopic (exact) mass is 388 g/mol. The molecule has 0 aliphatic rings. The Balaban J connectivity index is 1.61. The molecule has 1 N–H and O–H groups in total. The van der Waals surface area contributed by atoms with Crippen LogP contribution in [0.3, 0.4) is 0 Å². The minimum atomic E-state index is -0.247. The molecule has 6 nitrogen and oxygen atoms in total. The van der Waals surface area contributed by atoms with Crippen molar-refractivity contribution in [3.63, 3.8) is 0 Å². The van der Waals surface area contributed by atoms with Gasteiger partial charge in [-0.3, -0.25) is 4.79 Å². The zero-order valence-electron chi connectivity index (χ0n) is 16.4. The Morgan fingerprint density at radius 2 is 1.79 bits per heavy atom. The molecule has 0 aliphatic carbocycles. The van der Waals surface area contributed by atoms with Crippen molar-refractivity contribution in [1.82, 2.24) is 4.98 Å². The summed E-state index contributed by atoms with van der Waals surface area (Å²) < 4.78 is 16.4. The molecule has 0 unspecified atom stereocenters. The quantitative estimate of drug-likeness (QED) is 0.516. The number of amides is 1. The van der Waals surface area contributed by atoms with Crippen molar-refractivity contribution in [3.8, 4) is 23.0 Å². The number of oxazole rings is 1. The van der Waals surface area contributed by atoms with E-state index in [1.807, 2.05) is 43.3 Å². The van der Waals surface area contributed by atoms with E-state index >= 15 is 0 Å². The normalized spacial score (nSPS) is 10.7. The summed E-state index contributed by atoms with van der Waals surface area (Å²) in [5, 5.41) is 2.90. The number of nitrogens with one attached hydrogen (secondary N) is 1. The molecular formula is C23H20N2O4. The van der Waals surface area contributed by atoms with Crippen molar-refractivity contribution in [2.75, 3.05) is 19.5 Å². The summed E-state index contributed by atoms with van der Waals surface area (Å²) >= 11 is 0. The smallest absolute Gasteiger partial charge is 0.259 e. The first kappa shape index (κ1) is 18.6. The van der Waals surface area contributed by atoms with Gasteiger partial charge < -0.3 is 19.2 Å². The highest BCUT2D eigenvalue weighted by Gasteiger charge is 2.15. The fraction of sp³-hybridized carbons (Fsp3) is 0.130. The van der Waals surface area contributed by atoms with Crippen molar-refractivity contribution < 1.29 is 18.7 Å². The number of nitrogens with zero attached hydrogens (tertiary/aromatic N) is 1. The van der Waals surface area contributed by atoms with Gasteiger partial charge in [0, 0.05) is 11.3 Å². The number of aromatic nitrogens is 1. The molecule has 4 aromatic rings. The third kappa shape index (κ3) is 3.65. The lowest BCUT2D eigenvalue weighted by molar-refractivity contribution is 0.102. The maximum absolute atomic E-state index is 12.7. The van der Waals surface area contributed by atoms with Crippen LogP contribution in [0.4, 0.5) is 5.69 Å².